The van der Waals surface area contributed by atoms with Crippen molar-refractivity contribution in [2.45, 2.75) is 4.90 Å². The van der Waals surface area contributed by atoms with Crippen LogP contribution in [0.25, 0.3) is 33.5 Å². The first-order valence-electron chi connectivity index (χ1n) is 8.15. The van der Waals surface area contributed by atoms with E-state index in [1.807, 2.05) is 54.6 Å². The fourth-order valence-electron chi connectivity index (χ4n) is 2.86. The van der Waals surface area contributed by atoms with Crippen LogP contribution < -0.4 is 0 Å². The number of sulfone groups is 1. The molecule has 26 heavy (non-hydrogen) atoms. The summed E-state index contributed by atoms with van der Waals surface area (Å²) < 4.78 is 23.4. The summed E-state index contributed by atoms with van der Waals surface area (Å²) >= 11 is 0. The van der Waals surface area contributed by atoms with Crippen molar-refractivity contribution < 1.29 is 8.42 Å². The van der Waals surface area contributed by atoms with Gasteiger partial charge < -0.3 is 0 Å². The van der Waals surface area contributed by atoms with Gasteiger partial charge in [0.2, 0.25) is 0 Å². The zero-order valence-corrected chi connectivity index (χ0v) is 14.9. The SMILES string of the molecule is CS(=O)(=O)c1ccc(-c2nc3ccccc3nc2-c2ccccc2)cc1. The van der Waals surface area contributed by atoms with Crippen LogP contribution in [0.1, 0.15) is 0 Å². The van der Waals surface area contributed by atoms with Gasteiger partial charge in [0.05, 0.1) is 27.3 Å². The molecule has 3 aromatic carbocycles. The van der Waals surface area contributed by atoms with Crippen molar-refractivity contribution in [3.05, 3.63) is 78.9 Å². The molecule has 0 atom stereocenters. The number of aromatic nitrogens is 2. The first kappa shape index (κ1) is 16.4. The van der Waals surface area contributed by atoms with Crippen LogP contribution in [0.2, 0.25) is 0 Å². The molecule has 0 unspecified atom stereocenters. The summed E-state index contributed by atoms with van der Waals surface area (Å²) in [7, 11) is -3.23. The Balaban J connectivity index is 1.96. The van der Waals surface area contributed by atoms with Crippen LogP contribution in [0, 0.1) is 0 Å². The molecule has 5 heteroatoms. The van der Waals surface area contributed by atoms with Gasteiger partial charge in [-0.15, -0.1) is 0 Å². The summed E-state index contributed by atoms with van der Waals surface area (Å²) in [4.78, 5) is 9.90. The maximum atomic E-state index is 11.7. The smallest absolute Gasteiger partial charge is 0.175 e. The predicted octanol–water partition coefficient (Wildman–Crippen LogP) is 4.37. The predicted molar refractivity (Wildman–Crippen MR) is 104 cm³/mol. The van der Waals surface area contributed by atoms with E-state index in [1.165, 1.54) is 6.26 Å². The minimum atomic E-state index is -3.23. The number of rotatable bonds is 3. The summed E-state index contributed by atoms with van der Waals surface area (Å²) in [5.41, 5.74) is 4.92. The van der Waals surface area contributed by atoms with E-state index in [9.17, 15) is 8.42 Å². The molecule has 1 heterocycles. The van der Waals surface area contributed by atoms with Gasteiger partial charge in [0.1, 0.15) is 0 Å². The Kier molecular flexibility index (Phi) is 4.01. The Bertz CT molecular complexity index is 1190. The zero-order chi connectivity index (χ0) is 18.1. The highest BCUT2D eigenvalue weighted by Gasteiger charge is 2.14. The van der Waals surface area contributed by atoms with Gasteiger partial charge in [-0.1, -0.05) is 54.6 Å². The number of nitrogens with zero attached hydrogens (tertiary/aromatic N) is 2. The fraction of sp³-hybridized carbons (Fsp3) is 0.0476. The Morgan fingerprint density at radius 3 is 1.58 bits per heavy atom. The molecule has 0 aliphatic carbocycles. The van der Waals surface area contributed by atoms with Gasteiger partial charge in [0.25, 0.3) is 0 Å². The lowest BCUT2D eigenvalue weighted by Crippen LogP contribution is -1.98. The number of fused-ring (bicyclic) bond motifs is 1. The molecule has 0 amide bonds. The van der Waals surface area contributed by atoms with Gasteiger partial charge in [0.15, 0.2) is 9.84 Å². The highest BCUT2D eigenvalue weighted by Crippen LogP contribution is 2.31. The molecule has 128 valence electrons. The lowest BCUT2D eigenvalue weighted by atomic mass is 10.0. The molecule has 0 aliphatic rings. The molecule has 0 saturated carbocycles. The third-order valence-corrected chi connectivity index (χ3v) is 5.30. The molecule has 4 aromatic rings. The minimum absolute atomic E-state index is 0.288. The first-order chi connectivity index (χ1) is 12.5. The van der Waals surface area contributed by atoms with E-state index in [0.717, 1.165) is 33.5 Å². The lowest BCUT2D eigenvalue weighted by molar-refractivity contribution is 0.602. The van der Waals surface area contributed by atoms with E-state index in [1.54, 1.807) is 24.3 Å². The van der Waals surface area contributed by atoms with Crippen molar-refractivity contribution in [3.63, 3.8) is 0 Å². The van der Waals surface area contributed by atoms with Gasteiger partial charge in [-0.05, 0) is 24.3 Å². The van der Waals surface area contributed by atoms with E-state index in [2.05, 4.69) is 0 Å². The van der Waals surface area contributed by atoms with Crippen molar-refractivity contribution in [2.75, 3.05) is 6.26 Å². The van der Waals surface area contributed by atoms with Crippen molar-refractivity contribution in [2.24, 2.45) is 0 Å². The highest BCUT2D eigenvalue weighted by atomic mass is 32.2. The monoisotopic (exact) mass is 360 g/mol. The van der Waals surface area contributed by atoms with Crippen LogP contribution >= 0.6 is 0 Å². The van der Waals surface area contributed by atoms with Crippen LogP contribution in [0.15, 0.2) is 83.8 Å². The number of benzene rings is 3. The first-order valence-corrected chi connectivity index (χ1v) is 10.0. The van der Waals surface area contributed by atoms with E-state index < -0.39 is 9.84 Å². The van der Waals surface area contributed by atoms with Crippen molar-refractivity contribution in [1.29, 1.82) is 0 Å². The van der Waals surface area contributed by atoms with E-state index >= 15 is 0 Å². The van der Waals surface area contributed by atoms with Crippen LogP contribution in [0.3, 0.4) is 0 Å². The summed E-state index contributed by atoms with van der Waals surface area (Å²) in [5, 5.41) is 0. The quantitative estimate of drug-likeness (QED) is 0.544. The molecule has 0 saturated heterocycles. The van der Waals surface area contributed by atoms with E-state index in [4.69, 9.17) is 9.97 Å². The molecule has 4 rings (SSSR count). The molecular weight excluding hydrogens is 344 g/mol. The standard InChI is InChI=1S/C21H16N2O2S/c1-26(24,25)17-13-11-16(12-14-17)21-20(15-7-3-2-4-8-15)22-18-9-5-6-10-19(18)23-21/h2-14H,1H3. The van der Waals surface area contributed by atoms with E-state index in [-0.39, 0.29) is 4.90 Å². The summed E-state index contributed by atoms with van der Waals surface area (Å²) in [6.07, 6.45) is 1.20. The summed E-state index contributed by atoms with van der Waals surface area (Å²) in [6, 6.07) is 24.4. The van der Waals surface area contributed by atoms with E-state index in [0.29, 0.717) is 0 Å². The number of para-hydroxylation sites is 2. The van der Waals surface area contributed by atoms with Crippen LogP contribution in [0.5, 0.6) is 0 Å². The second kappa shape index (κ2) is 6.35. The third-order valence-electron chi connectivity index (χ3n) is 4.17. The Morgan fingerprint density at radius 1 is 0.615 bits per heavy atom. The molecule has 0 radical (unpaired) electrons. The Hall–Kier alpha value is -3.05. The number of hydrogen-bond donors (Lipinski definition) is 0. The van der Waals surface area contributed by atoms with Gasteiger partial charge in [-0.25, -0.2) is 18.4 Å². The largest absolute Gasteiger partial charge is 0.244 e. The van der Waals surface area contributed by atoms with Crippen molar-refractivity contribution in [1.82, 2.24) is 9.97 Å². The normalized spacial score (nSPS) is 11.6. The van der Waals surface area contributed by atoms with Crippen LogP contribution in [0.4, 0.5) is 0 Å². The summed E-state index contributed by atoms with van der Waals surface area (Å²) in [5.74, 6) is 0. The molecule has 0 spiro atoms. The molecule has 0 N–H and O–H groups in total. The Labute approximate surface area is 152 Å². The number of hydrogen-bond acceptors (Lipinski definition) is 4. The molecular formula is C21H16N2O2S. The zero-order valence-electron chi connectivity index (χ0n) is 14.1. The Morgan fingerprint density at radius 2 is 1.08 bits per heavy atom. The van der Waals surface area contributed by atoms with Gasteiger partial charge in [0, 0.05) is 17.4 Å². The summed E-state index contributed by atoms with van der Waals surface area (Å²) in [6.45, 7) is 0. The second-order valence-electron chi connectivity index (χ2n) is 6.07. The average molecular weight is 360 g/mol. The molecule has 4 nitrogen and oxygen atoms in total. The van der Waals surface area contributed by atoms with Gasteiger partial charge in [-0.2, -0.15) is 0 Å². The minimum Gasteiger partial charge on any atom is -0.244 e. The fourth-order valence-corrected chi connectivity index (χ4v) is 3.49. The topological polar surface area (TPSA) is 59.9 Å². The maximum absolute atomic E-state index is 11.7. The van der Waals surface area contributed by atoms with Crippen molar-refractivity contribution >= 4 is 20.9 Å². The van der Waals surface area contributed by atoms with Crippen LogP contribution in [-0.2, 0) is 9.84 Å². The highest BCUT2D eigenvalue weighted by molar-refractivity contribution is 7.90. The van der Waals surface area contributed by atoms with Gasteiger partial charge >= 0.3 is 0 Å². The molecule has 0 aliphatic heterocycles. The maximum Gasteiger partial charge on any atom is 0.175 e. The second-order valence-corrected chi connectivity index (χ2v) is 8.09. The molecule has 0 bridgehead atoms. The molecule has 1 aromatic heterocycles. The van der Waals surface area contributed by atoms with Gasteiger partial charge in [-0.3, -0.25) is 0 Å². The average Bonchev–Trinajstić information content (AvgIpc) is 2.67. The third kappa shape index (κ3) is 3.09. The van der Waals surface area contributed by atoms with Crippen molar-refractivity contribution in [3.8, 4) is 22.5 Å². The molecule has 0 fully saturated rings. The van der Waals surface area contributed by atoms with Crippen LogP contribution in [-0.4, -0.2) is 24.6 Å². The lowest BCUT2D eigenvalue weighted by Gasteiger charge is -2.11.